The first-order valence-electron chi connectivity index (χ1n) is 16.8. The van der Waals surface area contributed by atoms with Crippen molar-refractivity contribution in [3.05, 3.63) is 167 Å². The molecule has 0 amide bonds. The van der Waals surface area contributed by atoms with Crippen LogP contribution in [0.3, 0.4) is 0 Å². The van der Waals surface area contributed by atoms with Crippen LogP contribution in [0.25, 0.3) is 32.3 Å². The Hall–Kier alpha value is -6.62. The highest BCUT2D eigenvalue weighted by atomic mass is 15.2. The summed E-state index contributed by atoms with van der Waals surface area (Å²) >= 11 is 0. The summed E-state index contributed by atoms with van der Waals surface area (Å²) in [5.41, 5.74) is 11.4. The van der Waals surface area contributed by atoms with E-state index in [0.717, 1.165) is 66.4 Å². The zero-order valence-electron chi connectivity index (χ0n) is 28.5. The maximum Gasteiger partial charge on any atom is 0.101 e. The van der Waals surface area contributed by atoms with Gasteiger partial charge in [-0.15, -0.1) is 0 Å². The summed E-state index contributed by atoms with van der Waals surface area (Å²) in [5.74, 6) is 0. The molecular formula is C46H34N4. The summed E-state index contributed by atoms with van der Waals surface area (Å²) in [5, 5.41) is 27.4. The summed E-state index contributed by atoms with van der Waals surface area (Å²) in [6, 6.07) is 51.4. The van der Waals surface area contributed by atoms with Gasteiger partial charge in [0.25, 0.3) is 0 Å². The quantitative estimate of drug-likeness (QED) is 0.169. The Balaban J connectivity index is 1.48. The Labute approximate surface area is 292 Å². The van der Waals surface area contributed by atoms with Crippen LogP contribution in [-0.2, 0) is 0 Å². The highest BCUT2D eigenvalue weighted by molar-refractivity contribution is 6.29. The summed E-state index contributed by atoms with van der Waals surface area (Å²) < 4.78 is 0. The third-order valence-electron chi connectivity index (χ3n) is 9.70. The second-order valence-corrected chi connectivity index (χ2v) is 13.2. The van der Waals surface area contributed by atoms with Crippen molar-refractivity contribution >= 4 is 66.4 Å². The second kappa shape index (κ2) is 12.1. The SMILES string of the molecule is Cc1ccc(N(c2ccc(C)cc2)c2c(C#N)cc3ccc4cc(C#N)c(N(c5ccc(C)cc5)c5ccc(C)cc5)c5ccc2c3c45)cc1. The van der Waals surface area contributed by atoms with Crippen LogP contribution >= 0.6 is 0 Å². The Kier molecular flexibility index (Phi) is 7.44. The van der Waals surface area contributed by atoms with E-state index in [2.05, 4.69) is 171 Å². The van der Waals surface area contributed by atoms with Gasteiger partial charge >= 0.3 is 0 Å². The van der Waals surface area contributed by atoms with Crippen LogP contribution in [0.15, 0.2) is 133 Å². The largest absolute Gasteiger partial charge is 0.309 e. The summed E-state index contributed by atoms with van der Waals surface area (Å²) in [4.78, 5) is 4.41. The van der Waals surface area contributed by atoms with Gasteiger partial charge in [-0.3, -0.25) is 0 Å². The molecule has 8 aromatic rings. The van der Waals surface area contributed by atoms with Crippen molar-refractivity contribution in [2.24, 2.45) is 0 Å². The maximum atomic E-state index is 10.7. The molecule has 238 valence electrons. The molecule has 0 radical (unpaired) electrons. The second-order valence-electron chi connectivity index (χ2n) is 13.2. The molecule has 4 nitrogen and oxygen atoms in total. The zero-order chi connectivity index (χ0) is 34.5. The van der Waals surface area contributed by atoms with Gasteiger partial charge in [0.2, 0.25) is 0 Å². The van der Waals surface area contributed by atoms with Crippen molar-refractivity contribution in [2.45, 2.75) is 27.7 Å². The minimum Gasteiger partial charge on any atom is -0.309 e. The molecule has 0 saturated carbocycles. The van der Waals surface area contributed by atoms with Gasteiger partial charge < -0.3 is 9.80 Å². The lowest BCUT2D eigenvalue weighted by atomic mass is 9.88. The van der Waals surface area contributed by atoms with Gasteiger partial charge in [0.15, 0.2) is 0 Å². The molecule has 0 atom stereocenters. The van der Waals surface area contributed by atoms with Crippen LogP contribution in [0.5, 0.6) is 0 Å². The first-order chi connectivity index (χ1) is 24.3. The molecule has 0 heterocycles. The Morgan fingerprint density at radius 2 is 0.660 bits per heavy atom. The summed E-state index contributed by atoms with van der Waals surface area (Å²) in [6.45, 7) is 8.34. The van der Waals surface area contributed by atoms with Crippen molar-refractivity contribution in [1.29, 1.82) is 10.5 Å². The Bertz CT molecular complexity index is 2340. The van der Waals surface area contributed by atoms with Crippen molar-refractivity contribution in [3.8, 4) is 12.1 Å². The molecule has 0 aliphatic heterocycles. The van der Waals surface area contributed by atoms with Gasteiger partial charge in [0.05, 0.1) is 22.5 Å². The highest BCUT2D eigenvalue weighted by Gasteiger charge is 2.26. The number of hydrogen-bond donors (Lipinski definition) is 0. The van der Waals surface area contributed by atoms with E-state index < -0.39 is 0 Å². The highest BCUT2D eigenvalue weighted by Crippen LogP contribution is 2.49. The number of rotatable bonds is 6. The number of aryl methyl sites for hydroxylation is 4. The minimum atomic E-state index is 0.593. The van der Waals surface area contributed by atoms with Crippen molar-refractivity contribution in [2.75, 3.05) is 9.80 Å². The molecule has 0 fully saturated rings. The van der Waals surface area contributed by atoms with Crippen LogP contribution in [0.1, 0.15) is 33.4 Å². The molecule has 0 aromatic heterocycles. The fraction of sp³-hybridized carbons (Fsp3) is 0.0870. The number of nitriles is 2. The lowest BCUT2D eigenvalue weighted by Crippen LogP contribution is -2.13. The molecule has 0 N–H and O–H groups in total. The Morgan fingerprint density at radius 3 is 0.920 bits per heavy atom. The molecule has 0 saturated heterocycles. The molecule has 4 heteroatoms. The van der Waals surface area contributed by atoms with Gasteiger partial charge in [-0.25, -0.2) is 0 Å². The first-order valence-corrected chi connectivity index (χ1v) is 16.8. The fourth-order valence-corrected chi connectivity index (χ4v) is 7.16. The lowest BCUT2D eigenvalue weighted by Gasteiger charge is -2.30. The van der Waals surface area contributed by atoms with E-state index in [9.17, 15) is 10.5 Å². The molecule has 0 bridgehead atoms. The molecular weight excluding hydrogens is 609 g/mol. The standard InChI is InChI=1S/C46H34N4/c1-29-5-15-37(16-6-29)49(38-17-7-30(2)8-18-38)45-35(27-47)25-33-13-14-34-26-36(28-48)46(42-24-23-41(45)43(33)44(34)42)50(39-19-9-31(3)10-20-39)40-21-11-32(4)12-22-40/h5-26H,1-4H3. The monoisotopic (exact) mass is 642 g/mol. The van der Waals surface area contributed by atoms with E-state index >= 15 is 0 Å². The molecule has 0 unspecified atom stereocenters. The van der Waals surface area contributed by atoms with Crippen LogP contribution in [0.2, 0.25) is 0 Å². The van der Waals surface area contributed by atoms with E-state index in [0.29, 0.717) is 11.1 Å². The van der Waals surface area contributed by atoms with Crippen molar-refractivity contribution in [1.82, 2.24) is 0 Å². The predicted octanol–water partition coefficient (Wildman–Crippen LogP) is 12.5. The maximum absolute atomic E-state index is 10.7. The third-order valence-corrected chi connectivity index (χ3v) is 9.70. The average molecular weight is 643 g/mol. The van der Waals surface area contributed by atoms with Gasteiger partial charge in [-0.05, 0) is 110 Å². The fourth-order valence-electron chi connectivity index (χ4n) is 7.16. The van der Waals surface area contributed by atoms with Gasteiger partial charge in [0.1, 0.15) is 12.1 Å². The van der Waals surface area contributed by atoms with E-state index in [1.807, 2.05) is 12.1 Å². The molecule has 8 aromatic carbocycles. The predicted molar refractivity (Wildman–Crippen MR) is 208 cm³/mol. The molecule has 0 spiro atoms. The van der Waals surface area contributed by atoms with Gasteiger partial charge in [0, 0.05) is 33.5 Å². The summed E-state index contributed by atoms with van der Waals surface area (Å²) in [6.07, 6.45) is 0. The Morgan fingerprint density at radius 1 is 0.380 bits per heavy atom. The first kappa shape index (κ1) is 30.7. The van der Waals surface area contributed by atoms with Crippen LogP contribution in [-0.4, -0.2) is 0 Å². The average Bonchev–Trinajstić information content (AvgIpc) is 3.14. The normalized spacial score (nSPS) is 11.2. The molecule has 8 rings (SSSR count). The van der Waals surface area contributed by atoms with Crippen LogP contribution in [0, 0.1) is 50.4 Å². The van der Waals surface area contributed by atoms with E-state index in [1.54, 1.807) is 0 Å². The zero-order valence-corrected chi connectivity index (χ0v) is 28.5. The van der Waals surface area contributed by atoms with Gasteiger partial charge in [-0.1, -0.05) is 95.1 Å². The van der Waals surface area contributed by atoms with Crippen LogP contribution < -0.4 is 9.80 Å². The topological polar surface area (TPSA) is 54.1 Å². The van der Waals surface area contributed by atoms with E-state index in [1.165, 1.54) is 22.3 Å². The molecule has 0 aliphatic carbocycles. The lowest BCUT2D eigenvalue weighted by molar-refractivity contribution is 1.27. The van der Waals surface area contributed by atoms with Gasteiger partial charge in [-0.2, -0.15) is 10.5 Å². The number of nitrogens with zero attached hydrogens (tertiary/aromatic N) is 4. The number of benzene rings is 8. The molecule has 0 aliphatic rings. The van der Waals surface area contributed by atoms with Crippen molar-refractivity contribution in [3.63, 3.8) is 0 Å². The smallest absolute Gasteiger partial charge is 0.101 e. The van der Waals surface area contributed by atoms with Crippen molar-refractivity contribution < 1.29 is 0 Å². The summed E-state index contributed by atoms with van der Waals surface area (Å²) in [7, 11) is 0. The number of anilines is 6. The van der Waals surface area contributed by atoms with E-state index in [4.69, 9.17) is 0 Å². The number of hydrogen-bond acceptors (Lipinski definition) is 4. The minimum absolute atomic E-state index is 0.593. The van der Waals surface area contributed by atoms with E-state index in [-0.39, 0.29) is 0 Å². The third kappa shape index (κ3) is 5.07. The molecule has 50 heavy (non-hydrogen) atoms. The van der Waals surface area contributed by atoms with Crippen LogP contribution in [0.4, 0.5) is 34.1 Å².